The van der Waals surface area contributed by atoms with Gasteiger partial charge in [0.25, 0.3) is 0 Å². The maximum atomic E-state index is 13.0. The topological polar surface area (TPSA) is 72.1 Å². The van der Waals surface area contributed by atoms with Gasteiger partial charge in [-0.1, -0.05) is 0 Å². The number of nitrogens with zero attached hydrogens (tertiary/aromatic N) is 1. The summed E-state index contributed by atoms with van der Waals surface area (Å²) in [7, 11) is -3.68. The van der Waals surface area contributed by atoms with Gasteiger partial charge in [-0.3, -0.25) is 4.98 Å². The molecule has 2 aromatic heterocycles. The minimum atomic E-state index is -3.68. The number of aryl methyl sites for hydroxylation is 1. The first-order valence-corrected chi connectivity index (χ1v) is 11.3. The van der Waals surface area contributed by atoms with Gasteiger partial charge in [-0.25, -0.2) is 8.42 Å². The van der Waals surface area contributed by atoms with Crippen LogP contribution in [-0.4, -0.2) is 18.4 Å². The van der Waals surface area contributed by atoms with E-state index in [1.165, 1.54) is 30.7 Å². The molecule has 2 heterocycles. The summed E-state index contributed by atoms with van der Waals surface area (Å²) in [5, 5.41) is 0.564. The summed E-state index contributed by atoms with van der Waals surface area (Å²) in [5.74, 6) is 1.16. The Balaban J connectivity index is 1.80. The third kappa shape index (κ3) is 3.47. The van der Waals surface area contributed by atoms with Crippen molar-refractivity contribution in [1.29, 1.82) is 0 Å². The maximum absolute atomic E-state index is 13.0. The standard InChI is InChI=1S/C20H14Br2N2O3S/c1-12-8-16(21)20(17(22)9-12)27-13-2-3-18-15(10-13)19(11-24-18)28(25,26)14-4-6-23-7-5-14/h2-11,24H,1H3. The summed E-state index contributed by atoms with van der Waals surface area (Å²) >= 11 is 7.02. The third-order valence-electron chi connectivity index (χ3n) is 4.23. The predicted molar refractivity (Wildman–Crippen MR) is 115 cm³/mol. The molecule has 28 heavy (non-hydrogen) atoms. The van der Waals surface area contributed by atoms with Crippen LogP contribution in [0, 0.1) is 6.92 Å². The van der Waals surface area contributed by atoms with E-state index >= 15 is 0 Å². The van der Waals surface area contributed by atoms with Crippen LogP contribution in [0.3, 0.4) is 0 Å². The Morgan fingerprint density at radius 3 is 2.36 bits per heavy atom. The highest BCUT2D eigenvalue weighted by Crippen LogP contribution is 2.39. The number of benzene rings is 2. The normalized spacial score (nSPS) is 11.7. The first-order chi connectivity index (χ1) is 13.4. The Kier molecular flexibility index (Phi) is 5.03. The molecule has 0 atom stereocenters. The van der Waals surface area contributed by atoms with Crippen LogP contribution < -0.4 is 4.74 Å². The summed E-state index contributed by atoms with van der Waals surface area (Å²) in [6.07, 6.45) is 4.42. The number of fused-ring (bicyclic) bond motifs is 1. The Hall–Kier alpha value is -2.16. The van der Waals surface area contributed by atoms with Crippen LogP contribution in [0.2, 0.25) is 0 Å². The van der Waals surface area contributed by atoms with Crippen molar-refractivity contribution in [3.63, 3.8) is 0 Å². The molecule has 5 nitrogen and oxygen atoms in total. The van der Waals surface area contributed by atoms with Crippen molar-refractivity contribution >= 4 is 52.6 Å². The number of nitrogens with one attached hydrogen (secondary N) is 1. The van der Waals surface area contributed by atoms with E-state index in [1.807, 2.05) is 19.1 Å². The monoisotopic (exact) mass is 520 g/mol. The fraction of sp³-hybridized carbons (Fsp3) is 0.0500. The molecule has 142 valence electrons. The van der Waals surface area contributed by atoms with E-state index in [0.29, 0.717) is 22.4 Å². The Bertz CT molecular complexity index is 1260. The average Bonchev–Trinajstić information content (AvgIpc) is 3.09. The Labute approximate surface area is 178 Å². The molecule has 0 radical (unpaired) electrons. The average molecular weight is 522 g/mol. The third-order valence-corrected chi connectivity index (χ3v) is 7.21. The van der Waals surface area contributed by atoms with Gasteiger partial charge in [0, 0.05) is 29.5 Å². The molecule has 0 aliphatic rings. The molecule has 0 amide bonds. The van der Waals surface area contributed by atoms with E-state index < -0.39 is 9.84 Å². The molecule has 0 aliphatic carbocycles. The van der Waals surface area contributed by atoms with Crippen molar-refractivity contribution in [2.24, 2.45) is 0 Å². The van der Waals surface area contributed by atoms with E-state index in [4.69, 9.17) is 4.74 Å². The lowest BCUT2D eigenvalue weighted by Crippen LogP contribution is -2.01. The number of sulfone groups is 1. The van der Waals surface area contributed by atoms with Crippen LogP contribution >= 0.6 is 31.9 Å². The summed E-state index contributed by atoms with van der Waals surface area (Å²) in [6, 6.07) is 12.2. The zero-order valence-corrected chi connectivity index (χ0v) is 18.6. The lowest BCUT2D eigenvalue weighted by molar-refractivity contribution is 0.477. The van der Waals surface area contributed by atoms with Gasteiger partial charge in [-0.2, -0.15) is 0 Å². The summed E-state index contributed by atoms with van der Waals surface area (Å²) < 4.78 is 33.7. The largest absolute Gasteiger partial charge is 0.455 e. The van der Waals surface area contributed by atoms with Crippen molar-refractivity contribution in [3.8, 4) is 11.5 Å². The molecule has 1 N–H and O–H groups in total. The Morgan fingerprint density at radius 2 is 1.68 bits per heavy atom. The first-order valence-electron chi connectivity index (χ1n) is 8.26. The highest BCUT2D eigenvalue weighted by atomic mass is 79.9. The zero-order chi connectivity index (χ0) is 19.9. The molecule has 4 rings (SSSR count). The second-order valence-corrected chi connectivity index (χ2v) is 9.83. The minimum Gasteiger partial charge on any atom is -0.455 e. The molecule has 0 saturated carbocycles. The minimum absolute atomic E-state index is 0.193. The zero-order valence-electron chi connectivity index (χ0n) is 14.6. The number of aromatic amines is 1. The number of aromatic nitrogens is 2. The highest BCUT2D eigenvalue weighted by Gasteiger charge is 2.22. The van der Waals surface area contributed by atoms with Gasteiger partial charge in [0.15, 0.2) is 5.75 Å². The lowest BCUT2D eigenvalue weighted by Gasteiger charge is -2.11. The fourth-order valence-corrected chi connectivity index (χ4v) is 5.89. The molecular weight excluding hydrogens is 508 g/mol. The molecule has 0 spiro atoms. The van der Waals surface area contributed by atoms with Gasteiger partial charge >= 0.3 is 0 Å². The molecular formula is C20H14Br2N2O3S. The molecule has 4 aromatic rings. The lowest BCUT2D eigenvalue weighted by atomic mass is 10.2. The van der Waals surface area contributed by atoms with E-state index in [9.17, 15) is 8.42 Å². The number of H-pyrrole nitrogens is 1. The van der Waals surface area contributed by atoms with Crippen LogP contribution in [0.15, 0.2) is 79.8 Å². The van der Waals surface area contributed by atoms with Gasteiger partial charge < -0.3 is 9.72 Å². The summed E-state index contributed by atoms with van der Waals surface area (Å²) in [4.78, 5) is 7.29. The highest BCUT2D eigenvalue weighted by molar-refractivity contribution is 9.11. The SMILES string of the molecule is Cc1cc(Br)c(Oc2ccc3[nH]cc(S(=O)(=O)c4ccncc4)c3c2)c(Br)c1. The number of hydrogen-bond donors (Lipinski definition) is 1. The van der Waals surface area contributed by atoms with Gasteiger partial charge in [-0.15, -0.1) is 0 Å². The Morgan fingerprint density at radius 1 is 1.00 bits per heavy atom. The van der Waals surface area contributed by atoms with Crippen molar-refractivity contribution in [3.05, 3.63) is 75.6 Å². The number of hydrogen-bond acceptors (Lipinski definition) is 4. The van der Waals surface area contributed by atoms with Crippen LogP contribution in [0.4, 0.5) is 0 Å². The van der Waals surface area contributed by atoms with Gasteiger partial charge in [0.1, 0.15) is 5.75 Å². The molecule has 0 saturated heterocycles. The summed E-state index contributed by atoms with van der Waals surface area (Å²) in [5.41, 5.74) is 1.79. The van der Waals surface area contributed by atoms with Gasteiger partial charge in [0.2, 0.25) is 9.84 Å². The molecule has 0 bridgehead atoms. The van der Waals surface area contributed by atoms with Crippen molar-refractivity contribution in [2.45, 2.75) is 16.7 Å². The van der Waals surface area contributed by atoms with E-state index in [0.717, 1.165) is 14.5 Å². The number of pyridine rings is 1. The molecule has 2 aromatic carbocycles. The molecule has 0 unspecified atom stereocenters. The quantitative estimate of drug-likeness (QED) is 0.356. The van der Waals surface area contributed by atoms with E-state index in [2.05, 4.69) is 41.8 Å². The fourth-order valence-electron chi connectivity index (χ4n) is 2.91. The molecule has 0 fully saturated rings. The van der Waals surface area contributed by atoms with E-state index in [1.54, 1.807) is 18.2 Å². The predicted octanol–water partition coefficient (Wildman–Crippen LogP) is 6.02. The van der Waals surface area contributed by atoms with Crippen LogP contribution in [-0.2, 0) is 9.84 Å². The van der Waals surface area contributed by atoms with Gasteiger partial charge in [0.05, 0.1) is 18.7 Å². The number of halogens is 2. The van der Waals surface area contributed by atoms with Crippen molar-refractivity contribution in [2.75, 3.05) is 0 Å². The second-order valence-electron chi connectivity index (χ2n) is 6.21. The molecule has 0 aliphatic heterocycles. The van der Waals surface area contributed by atoms with E-state index in [-0.39, 0.29) is 9.79 Å². The van der Waals surface area contributed by atoms with Crippen LogP contribution in [0.5, 0.6) is 11.5 Å². The van der Waals surface area contributed by atoms with Crippen molar-refractivity contribution < 1.29 is 13.2 Å². The molecule has 8 heteroatoms. The van der Waals surface area contributed by atoms with Gasteiger partial charge in [-0.05, 0) is 86.8 Å². The van der Waals surface area contributed by atoms with Crippen molar-refractivity contribution in [1.82, 2.24) is 9.97 Å². The first kappa shape index (κ1) is 19.2. The maximum Gasteiger partial charge on any atom is 0.208 e. The second kappa shape index (κ2) is 7.35. The number of ether oxygens (including phenoxy) is 1. The van der Waals surface area contributed by atoms with Crippen LogP contribution in [0.25, 0.3) is 10.9 Å². The smallest absolute Gasteiger partial charge is 0.208 e. The summed E-state index contributed by atoms with van der Waals surface area (Å²) in [6.45, 7) is 1.99. The number of rotatable bonds is 4. The van der Waals surface area contributed by atoms with Crippen LogP contribution in [0.1, 0.15) is 5.56 Å².